The minimum atomic E-state index is -2.19. The summed E-state index contributed by atoms with van der Waals surface area (Å²) in [5.74, 6) is -2.16. The molecule has 2 rings (SSSR count). The number of aromatic nitrogens is 2. The van der Waals surface area contributed by atoms with Crippen LogP contribution in [0.2, 0.25) is 72.5 Å². The molecule has 16 heteroatoms. The Bertz CT molecular complexity index is 1780. The van der Waals surface area contributed by atoms with Gasteiger partial charge in [-0.1, -0.05) is 90.0 Å². The van der Waals surface area contributed by atoms with Gasteiger partial charge in [0.2, 0.25) is 0 Å². The zero-order valence-electron chi connectivity index (χ0n) is 41.8. The molecule has 12 nitrogen and oxygen atoms in total. The van der Waals surface area contributed by atoms with Gasteiger partial charge in [0, 0.05) is 12.1 Å². The first-order valence-electron chi connectivity index (χ1n) is 21.7. The third-order valence-electron chi connectivity index (χ3n) is 13.5. The van der Waals surface area contributed by atoms with E-state index in [4.69, 9.17) is 32.5 Å². The molecule has 0 bridgehead atoms. The van der Waals surface area contributed by atoms with E-state index in [0.717, 1.165) is 0 Å². The first kappa shape index (κ1) is 54.6. The van der Waals surface area contributed by atoms with Gasteiger partial charge in [0.05, 0.1) is 60.7 Å². The largest absolute Gasteiger partial charge is 0.411 e. The summed E-state index contributed by atoms with van der Waals surface area (Å²) < 4.78 is 25.9. The number of nitrogens with zero attached hydrogens (tertiary/aromatic N) is 2. The summed E-state index contributed by atoms with van der Waals surface area (Å²) in [6.45, 7) is 46.5. The van der Waals surface area contributed by atoms with Crippen LogP contribution in [0.4, 0.5) is 0 Å². The van der Waals surface area contributed by atoms with Crippen molar-refractivity contribution in [2.75, 3.05) is 6.54 Å². The zero-order chi connectivity index (χ0) is 47.2. The lowest BCUT2D eigenvalue weighted by atomic mass is 10.1. The highest BCUT2D eigenvalue weighted by atomic mass is 28.4. The van der Waals surface area contributed by atoms with Crippen LogP contribution in [0.5, 0.6) is 0 Å². The van der Waals surface area contributed by atoms with Gasteiger partial charge in [0.1, 0.15) is 0 Å². The number of amides is 2. The fraction of sp³-hybridized carbons (Fsp3) is 0.711. The topological polar surface area (TPSA) is 147 Å². The van der Waals surface area contributed by atoms with E-state index in [9.17, 15) is 14.4 Å². The molecular weight excluding hydrogens is 837 g/mol. The minimum Gasteiger partial charge on any atom is -0.411 e. The van der Waals surface area contributed by atoms with Gasteiger partial charge in [-0.05, 0) is 103 Å². The Morgan fingerprint density at radius 1 is 0.574 bits per heavy atom. The van der Waals surface area contributed by atoms with Gasteiger partial charge in [0.15, 0.2) is 33.3 Å². The van der Waals surface area contributed by atoms with Crippen molar-refractivity contribution in [2.24, 2.45) is 5.92 Å². The van der Waals surface area contributed by atoms with Crippen LogP contribution in [0.15, 0.2) is 24.3 Å². The second-order valence-corrected chi connectivity index (χ2v) is 41.9. The second-order valence-electron chi connectivity index (χ2n) is 22.6. The standard InChI is InChI=1S/C45H82N4O8Si4/c1-32(24-25-46-39(50)33-26-35(29-54-59(16,17)43(5,6)7)47-36(27-33)30-55-60(18,19)44(8,9)10)41(52)57-49-40(51)37-23-22-34(28-53-58(14,15)42(2,3)4)48-38(37)31-56-61(20,21)45(11,12)13/h22-23,26-27,32H,24-25,28-31H2,1-21H3,(H,46,50)(H,49,51). The van der Waals surface area contributed by atoms with Gasteiger partial charge in [-0.25, -0.2) is 4.79 Å². The molecule has 0 radical (unpaired) electrons. The molecule has 0 aliphatic rings. The lowest BCUT2D eigenvalue weighted by Crippen LogP contribution is -2.41. The summed E-state index contributed by atoms with van der Waals surface area (Å²) in [7, 11) is -8.41. The van der Waals surface area contributed by atoms with Crippen molar-refractivity contribution < 1.29 is 36.9 Å². The molecule has 0 spiro atoms. The molecule has 0 aliphatic heterocycles. The maximum atomic E-state index is 13.6. The van der Waals surface area contributed by atoms with Crippen LogP contribution in [0, 0.1) is 5.92 Å². The molecule has 0 aliphatic carbocycles. The minimum absolute atomic E-state index is 0.0164. The number of pyridine rings is 2. The van der Waals surface area contributed by atoms with Gasteiger partial charge in [-0.2, -0.15) is 5.48 Å². The normalized spacial score (nSPS) is 14.1. The summed E-state index contributed by atoms with van der Waals surface area (Å²) in [5.41, 5.74) is 5.51. The van der Waals surface area contributed by atoms with Crippen LogP contribution in [0.25, 0.3) is 0 Å². The third-order valence-corrected chi connectivity index (χ3v) is 31.4. The molecule has 2 heterocycles. The maximum Gasteiger partial charge on any atom is 0.335 e. The summed E-state index contributed by atoms with van der Waals surface area (Å²) in [5, 5.41) is 2.96. The molecule has 2 aromatic rings. The molecule has 346 valence electrons. The van der Waals surface area contributed by atoms with Gasteiger partial charge >= 0.3 is 5.97 Å². The van der Waals surface area contributed by atoms with Crippen LogP contribution in [0.1, 0.15) is 140 Å². The quantitative estimate of drug-likeness (QED) is 0.109. The molecule has 1 unspecified atom stereocenters. The van der Waals surface area contributed by atoms with Gasteiger partial charge in [-0.15, -0.1) is 0 Å². The highest BCUT2D eigenvalue weighted by molar-refractivity contribution is 6.75. The lowest BCUT2D eigenvalue weighted by molar-refractivity contribution is -0.153. The molecule has 0 fully saturated rings. The number of carbonyl (C=O) groups excluding carboxylic acids is 3. The SMILES string of the molecule is CC(CCNC(=O)c1cc(CO[Si](C)(C)C(C)(C)C)nc(CO[Si](C)(C)C(C)(C)C)c1)C(=O)ONC(=O)c1ccc(CO[Si](C)(C)C(C)(C)C)nc1CO[Si](C)(C)C(C)(C)C. The number of carbonyl (C=O) groups is 3. The Hall–Kier alpha value is -2.58. The number of hydroxylamine groups is 1. The second kappa shape index (κ2) is 20.5. The number of hydrogen-bond acceptors (Lipinski definition) is 10. The molecule has 0 aromatic carbocycles. The van der Waals surface area contributed by atoms with E-state index in [1.54, 1.807) is 31.2 Å². The summed E-state index contributed by atoms with van der Waals surface area (Å²) in [6.07, 6.45) is 0.282. The van der Waals surface area contributed by atoms with E-state index < -0.39 is 51.1 Å². The van der Waals surface area contributed by atoms with Crippen molar-refractivity contribution in [1.29, 1.82) is 0 Å². The first-order chi connectivity index (χ1) is 27.4. The number of hydrogen-bond donors (Lipinski definition) is 2. The van der Waals surface area contributed by atoms with Gasteiger partial charge < -0.3 is 27.9 Å². The van der Waals surface area contributed by atoms with E-state index in [1.165, 1.54) is 0 Å². The van der Waals surface area contributed by atoms with Crippen molar-refractivity contribution in [3.63, 3.8) is 0 Å². The van der Waals surface area contributed by atoms with Gasteiger partial charge in [0.25, 0.3) is 11.8 Å². The molecule has 61 heavy (non-hydrogen) atoms. The fourth-order valence-electron chi connectivity index (χ4n) is 4.62. The van der Waals surface area contributed by atoms with Crippen molar-refractivity contribution in [1.82, 2.24) is 20.8 Å². The fourth-order valence-corrected chi connectivity index (χ4v) is 8.38. The van der Waals surface area contributed by atoms with Crippen LogP contribution in [-0.2, 0) is 53.8 Å². The van der Waals surface area contributed by atoms with Gasteiger partial charge in [-0.3, -0.25) is 19.6 Å². The summed E-state index contributed by atoms with van der Waals surface area (Å²) >= 11 is 0. The molecule has 2 N–H and O–H groups in total. The van der Waals surface area contributed by atoms with Crippen LogP contribution >= 0.6 is 0 Å². The smallest absolute Gasteiger partial charge is 0.335 e. The molecule has 0 saturated heterocycles. The molecule has 0 saturated carbocycles. The number of rotatable bonds is 18. The average Bonchev–Trinajstić information content (AvgIpc) is 3.11. The number of nitrogens with one attached hydrogen (secondary N) is 2. The highest BCUT2D eigenvalue weighted by Crippen LogP contribution is 2.40. The first-order valence-corrected chi connectivity index (χ1v) is 33.4. The molecule has 1 atom stereocenters. The Morgan fingerprint density at radius 3 is 1.38 bits per heavy atom. The maximum absolute atomic E-state index is 13.6. The van der Waals surface area contributed by atoms with Crippen molar-refractivity contribution in [2.45, 2.75) is 195 Å². The van der Waals surface area contributed by atoms with E-state index >= 15 is 0 Å². The van der Waals surface area contributed by atoms with Crippen molar-refractivity contribution in [3.8, 4) is 0 Å². The van der Waals surface area contributed by atoms with Crippen molar-refractivity contribution >= 4 is 51.1 Å². The summed E-state index contributed by atoms with van der Waals surface area (Å²) in [6, 6.07) is 6.97. The van der Waals surface area contributed by atoms with Crippen molar-refractivity contribution in [3.05, 3.63) is 58.2 Å². The van der Waals surface area contributed by atoms with E-state index in [2.05, 4.69) is 146 Å². The third kappa shape index (κ3) is 15.9. The van der Waals surface area contributed by atoms with Crippen LogP contribution in [0.3, 0.4) is 0 Å². The average molecular weight is 920 g/mol. The van der Waals surface area contributed by atoms with E-state index in [0.29, 0.717) is 34.9 Å². The Kier molecular flexibility index (Phi) is 18.3. The Morgan fingerprint density at radius 2 is 0.967 bits per heavy atom. The monoisotopic (exact) mass is 919 g/mol. The Labute approximate surface area is 373 Å². The van der Waals surface area contributed by atoms with E-state index in [-0.39, 0.29) is 64.4 Å². The molecular formula is C45H82N4O8Si4. The predicted molar refractivity (Wildman–Crippen MR) is 256 cm³/mol. The van der Waals surface area contributed by atoms with Crippen LogP contribution < -0.4 is 10.8 Å². The molecule has 2 aromatic heterocycles. The lowest BCUT2D eigenvalue weighted by Gasteiger charge is -2.36. The van der Waals surface area contributed by atoms with Crippen LogP contribution in [-0.4, -0.2) is 67.6 Å². The Balaban J connectivity index is 2.17. The zero-order valence-corrected chi connectivity index (χ0v) is 45.8. The molecule has 2 amide bonds. The highest BCUT2D eigenvalue weighted by Gasteiger charge is 2.40. The van der Waals surface area contributed by atoms with E-state index in [1.807, 2.05) is 0 Å². The summed E-state index contributed by atoms with van der Waals surface area (Å²) in [4.78, 5) is 55.1. The predicted octanol–water partition coefficient (Wildman–Crippen LogP) is 11.2.